The topological polar surface area (TPSA) is 90.4 Å². The van der Waals surface area contributed by atoms with E-state index in [4.69, 9.17) is 5.11 Å². The predicted octanol–water partition coefficient (Wildman–Crippen LogP) is 3.14. The van der Waals surface area contributed by atoms with Crippen LogP contribution in [-0.4, -0.2) is 89.3 Å². The lowest BCUT2D eigenvalue weighted by atomic mass is 9.95. The van der Waals surface area contributed by atoms with E-state index in [1.54, 1.807) is 4.90 Å². The van der Waals surface area contributed by atoms with Gasteiger partial charge in [0.1, 0.15) is 0 Å². The van der Waals surface area contributed by atoms with Gasteiger partial charge in [-0.3, -0.25) is 14.5 Å². The minimum atomic E-state index is -4.59. The van der Waals surface area contributed by atoms with E-state index in [2.05, 4.69) is 9.64 Å². The summed E-state index contributed by atoms with van der Waals surface area (Å²) in [6.45, 7) is 5.44. The first kappa shape index (κ1) is 25.8. The molecule has 1 unspecified atom stereocenters. The smallest absolute Gasteiger partial charge is 0.425 e. The quantitative estimate of drug-likeness (QED) is 0.689. The summed E-state index contributed by atoms with van der Waals surface area (Å²) in [6.07, 6.45) is -6.84. The van der Waals surface area contributed by atoms with Crippen LogP contribution in [-0.2, 0) is 16.1 Å². The second-order valence-corrected chi connectivity index (χ2v) is 8.88. The van der Waals surface area contributed by atoms with Gasteiger partial charge in [-0.15, -0.1) is 0 Å². The van der Waals surface area contributed by atoms with Crippen molar-refractivity contribution in [3.05, 3.63) is 34.9 Å². The zero-order chi connectivity index (χ0) is 25.0. The Labute approximate surface area is 196 Å². The molecule has 8 nitrogen and oxygen atoms in total. The number of hydrogen-bond donors (Lipinski definition) is 1. The van der Waals surface area contributed by atoms with Gasteiger partial charge in [-0.1, -0.05) is 12.1 Å². The third-order valence-corrected chi connectivity index (χ3v) is 6.44. The van der Waals surface area contributed by atoms with Gasteiger partial charge in [-0.25, -0.2) is 4.79 Å². The Balaban J connectivity index is 1.54. The van der Waals surface area contributed by atoms with Gasteiger partial charge in [0.15, 0.2) is 6.10 Å². The lowest BCUT2D eigenvalue weighted by Crippen LogP contribution is -2.49. The molecular weight excluding hydrogens is 455 g/mol. The van der Waals surface area contributed by atoms with E-state index >= 15 is 0 Å². The summed E-state index contributed by atoms with van der Waals surface area (Å²) >= 11 is 0. The van der Waals surface area contributed by atoms with Gasteiger partial charge >= 0.3 is 18.2 Å². The zero-order valence-corrected chi connectivity index (χ0v) is 19.3. The minimum Gasteiger partial charge on any atom is -0.481 e. The van der Waals surface area contributed by atoms with Crippen LogP contribution in [0.5, 0.6) is 0 Å². The number of carbonyl (C=O) groups excluding carboxylic acids is 2. The lowest BCUT2D eigenvalue weighted by Gasteiger charge is -2.35. The van der Waals surface area contributed by atoms with E-state index in [0.29, 0.717) is 51.1 Å². The summed E-state index contributed by atoms with van der Waals surface area (Å²) in [5.74, 6) is -1.35. The lowest BCUT2D eigenvalue weighted by molar-refractivity contribution is -0.200. The number of halogens is 3. The third-order valence-electron chi connectivity index (χ3n) is 6.44. The molecule has 0 saturated carbocycles. The molecule has 0 aliphatic carbocycles. The highest BCUT2D eigenvalue weighted by Gasteiger charge is 2.40. The summed E-state index contributed by atoms with van der Waals surface area (Å²) in [6, 6.07) is 5.64. The number of rotatable bonds is 5. The van der Waals surface area contributed by atoms with Crippen LogP contribution < -0.4 is 0 Å². The Kier molecular flexibility index (Phi) is 8.06. The molecule has 0 bridgehead atoms. The number of carbonyl (C=O) groups is 3. The number of likely N-dealkylation sites (tertiary alicyclic amines) is 1. The molecule has 2 aliphatic rings. The number of benzene rings is 1. The van der Waals surface area contributed by atoms with Crippen molar-refractivity contribution < 1.29 is 37.4 Å². The molecule has 188 valence electrons. The number of piperidine rings is 1. The standard InChI is InChI=1S/C23H30F3N3O5/c1-15-3-4-17(13-19(15)20(30)28-7-5-18(6-8-28)21(31)32)14-27-9-11-29(12-10-27)22(33)34-16(2)23(24,25)26/h3-4,13,16,18H,5-12,14H2,1-2H3,(H,31,32). The maximum absolute atomic E-state index is 13.0. The zero-order valence-electron chi connectivity index (χ0n) is 19.3. The average Bonchev–Trinajstić information content (AvgIpc) is 2.79. The van der Waals surface area contributed by atoms with Gasteiger partial charge in [-0.2, -0.15) is 13.2 Å². The van der Waals surface area contributed by atoms with Crippen LogP contribution in [0.3, 0.4) is 0 Å². The van der Waals surface area contributed by atoms with Crippen LogP contribution in [0.25, 0.3) is 0 Å². The molecular formula is C23H30F3N3O5. The maximum Gasteiger partial charge on any atom is 0.425 e. The Hall–Kier alpha value is -2.82. The third kappa shape index (κ3) is 6.40. The van der Waals surface area contributed by atoms with Gasteiger partial charge in [0.2, 0.25) is 0 Å². The van der Waals surface area contributed by atoms with Crippen LogP contribution in [0.1, 0.15) is 41.3 Å². The molecule has 1 aromatic carbocycles. The molecule has 0 spiro atoms. The number of carboxylic acid groups (broad SMARTS) is 1. The second-order valence-electron chi connectivity index (χ2n) is 8.88. The molecule has 11 heteroatoms. The monoisotopic (exact) mass is 485 g/mol. The number of ether oxygens (including phenoxy) is 1. The summed E-state index contributed by atoms with van der Waals surface area (Å²) < 4.78 is 42.3. The molecule has 3 rings (SSSR count). The van der Waals surface area contributed by atoms with Crippen LogP contribution >= 0.6 is 0 Å². The fourth-order valence-corrected chi connectivity index (χ4v) is 4.14. The number of piperazine rings is 1. The summed E-state index contributed by atoms with van der Waals surface area (Å²) in [5.41, 5.74) is 2.33. The molecule has 2 saturated heterocycles. The second kappa shape index (κ2) is 10.6. The van der Waals surface area contributed by atoms with Crippen molar-refractivity contribution in [3.8, 4) is 0 Å². The van der Waals surface area contributed by atoms with Crippen LogP contribution in [0.15, 0.2) is 18.2 Å². The van der Waals surface area contributed by atoms with Gasteiger partial charge in [0, 0.05) is 51.4 Å². The van der Waals surface area contributed by atoms with E-state index in [9.17, 15) is 27.6 Å². The van der Waals surface area contributed by atoms with E-state index in [1.165, 1.54) is 4.90 Å². The van der Waals surface area contributed by atoms with Gasteiger partial charge in [0.05, 0.1) is 5.92 Å². The molecule has 2 amide bonds. The highest BCUT2D eigenvalue weighted by molar-refractivity contribution is 5.96. The Morgan fingerprint density at radius 1 is 1.06 bits per heavy atom. The summed E-state index contributed by atoms with van der Waals surface area (Å²) in [5, 5.41) is 9.15. The SMILES string of the molecule is Cc1ccc(CN2CCN(C(=O)OC(C)C(F)(F)F)CC2)cc1C(=O)N1CCC(C(=O)O)CC1. The number of aliphatic carboxylic acids is 1. The highest BCUT2D eigenvalue weighted by Crippen LogP contribution is 2.24. The van der Waals surface area contributed by atoms with Crippen molar-refractivity contribution in [1.29, 1.82) is 0 Å². The highest BCUT2D eigenvalue weighted by atomic mass is 19.4. The number of amides is 2. The first-order valence-corrected chi connectivity index (χ1v) is 11.3. The van der Waals surface area contributed by atoms with Gasteiger partial charge in [0.25, 0.3) is 5.91 Å². The molecule has 2 heterocycles. The van der Waals surface area contributed by atoms with E-state index < -0.39 is 30.3 Å². The molecule has 0 aromatic heterocycles. The largest absolute Gasteiger partial charge is 0.481 e. The molecule has 2 aliphatic heterocycles. The minimum absolute atomic E-state index is 0.116. The van der Waals surface area contributed by atoms with Crippen molar-refractivity contribution in [3.63, 3.8) is 0 Å². The van der Waals surface area contributed by atoms with Crippen molar-refractivity contribution in [2.24, 2.45) is 5.92 Å². The molecule has 0 radical (unpaired) electrons. The van der Waals surface area contributed by atoms with Gasteiger partial charge in [-0.05, 0) is 43.9 Å². The number of carboxylic acids is 1. The first-order valence-electron chi connectivity index (χ1n) is 11.3. The number of alkyl halides is 3. The van der Waals surface area contributed by atoms with E-state index in [-0.39, 0.29) is 19.0 Å². The van der Waals surface area contributed by atoms with Crippen LogP contribution in [0, 0.1) is 12.8 Å². The van der Waals surface area contributed by atoms with E-state index in [1.807, 2.05) is 25.1 Å². The summed E-state index contributed by atoms with van der Waals surface area (Å²) in [4.78, 5) is 41.2. The van der Waals surface area contributed by atoms with E-state index in [0.717, 1.165) is 18.1 Å². The number of hydrogen-bond acceptors (Lipinski definition) is 5. The Morgan fingerprint density at radius 2 is 1.68 bits per heavy atom. The molecule has 34 heavy (non-hydrogen) atoms. The average molecular weight is 486 g/mol. The fraction of sp³-hybridized carbons (Fsp3) is 0.609. The number of nitrogens with zero attached hydrogens (tertiary/aromatic N) is 3. The van der Waals surface area contributed by atoms with Crippen LogP contribution in [0.4, 0.5) is 18.0 Å². The van der Waals surface area contributed by atoms with Crippen molar-refractivity contribution in [1.82, 2.24) is 14.7 Å². The molecule has 2 fully saturated rings. The predicted molar refractivity (Wildman–Crippen MR) is 116 cm³/mol. The van der Waals surface area contributed by atoms with Crippen molar-refractivity contribution in [2.75, 3.05) is 39.3 Å². The Bertz CT molecular complexity index is 908. The van der Waals surface area contributed by atoms with Crippen LogP contribution in [0.2, 0.25) is 0 Å². The fourth-order valence-electron chi connectivity index (χ4n) is 4.14. The van der Waals surface area contributed by atoms with Crippen molar-refractivity contribution >= 4 is 18.0 Å². The first-order chi connectivity index (χ1) is 16.0. The molecule has 1 N–H and O–H groups in total. The maximum atomic E-state index is 13.0. The number of aryl methyl sites for hydroxylation is 1. The van der Waals surface area contributed by atoms with Gasteiger partial charge < -0.3 is 19.6 Å². The van der Waals surface area contributed by atoms with Crippen molar-refractivity contribution in [2.45, 2.75) is 45.5 Å². The normalized spacial score (nSPS) is 19.1. The Morgan fingerprint density at radius 3 is 2.24 bits per heavy atom. The molecule has 1 aromatic rings. The molecule has 1 atom stereocenters. The summed E-state index contributed by atoms with van der Waals surface area (Å²) in [7, 11) is 0.